The third-order valence-electron chi connectivity index (χ3n) is 3.53. The number of aryl methyl sites for hydroxylation is 1. The lowest BCUT2D eigenvalue weighted by molar-refractivity contribution is -0.150. The van der Waals surface area contributed by atoms with E-state index in [0.717, 1.165) is 5.69 Å². The van der Waals surface area contributed by atoms with Crippen molar-refractivity contribution >= 4 is 11.7 Å². The van der Waals surface area contributed by atoms with Crippen LogP contribution in [0.25, 0.3) is 0 Å². The number of carbonyl (C=O) groups is 1. The fourth-order valence-electron chi connectivity index (χ4n) is 2.34. The molecule has 0 bridgehead atoms. The first kappa shape index (κ1) is 17.5. The summed E-state index contributed by atoms with van der Waals surface area (Å²) in [7, 11) is 1.65. The van der Waals surface area contributed by atoms with Crippen molar-refractivity contribution in [2.75, 3.05) is 19.0 Å². The van der Waals surface area contributed by atoms with Gasteiger partial charge in [-0.2, -0.15) is 0 Å². The standard InChI is InChI=1S/C17H27NO3/c1-7-21-15(19)17(5,12-16(3,4)20-6)18-14-10-8-13(2)9-11-14/h8-11,18H,7,12H2,1-6H3. The van der Waals surface area contributed by atoms with E-state index in [2.05, 4.69) is 5.32 Å². The minimum atomic E-state index is -0.842. The van der Waals surface area contributed by atoms with Crippen molar-refractivity contribution in [2.24, 2.45) is 0 Å². The van der Waals surface area contributed by atoms with Gasteiger partial charge in [0.2, 0.25) is 0 Å². The summed E-state index contributed by atoms with van der Waals surface area (Å²) < 4.78 is 10.7. The molecule has 4 nitrogen and oxygen atoms in total. The topological polar surface area (TPSA) is 47.6 Å². The minimum absolute atomic E-state index is 0.268. The molecule has 1 aromatic carbocycles. The van der Waals surface area contributed by atoms with Crippen LogP contribution in [0, 0.1) is 6.92 Å². The summed E-state index contributed by atoms with van der Waals surface area (Å²) in [4.78, 5) is 12.4. The van der Waals surface area contributed by atoms with Crippen LogP contribution < -0.4 is 5.32 Å². The van der Waals surface area contributed by atoms with E-state index >= 15 is 0 Å². The van der Waals surface area contributed by atoms with Gasteiger partial charge in [0.05, 0.1) is 12.2 Å². The van der Waals surface area contributed by atoms with Crippen LogP contribution in [0.1, 0.15) is 39.7 Å². The van der Waals surface area contributed by atoms with Gasteiger partial charge in [0, 0.05) is 19.2 Å². The van der Waals surface area contributed by atoms with Gasteiger partial charge >= 0.3 is 5.97 Å². The van der Waals surface area contributed by atoms with Crippen molar-refractivity contribution in [3.63, 3.8) is 0 Å². The molecule has 0 radical (unpaired) electrons. The van der Waals surface area contributed by atoms with Crippen LogP contribution in [0.5, 0.6) is 0 Å². The Morgan fingerprint density at radius 1 is 1.19 bits per heavy atom. The molecule has 21 heavy (non-hydrogen) atoms. The number of methoxy groups -OCH3 is 1. The van der Waals surface area contributed by atoms with E-state index in [-0.39, 0.29) is 5.97 Å². The molecule has 0 fully saturated rings. The fourth-order valence-corrected chi connectivity index (χ4v) is 2.34. The van der Waals surface area contributed by atoms with Crippen molar-refractivity contribution in [1.82, 2.24) is 0 Å². The average Bonchev–Trinajstić information content (AvgIpc) is 2.41. The lowest BCUT2D eigenvalue weighted by atomic mass is 9.87. The third-order valence-corrected chi connectivity index (χ3v) is 3.53. The fraction of sp³-hybridized carbons (Fsp3) is 0.588. The van der Waals surface area contributed by atoms with E-state index in [1.165, 1.54) is 5.56 Å². The maximum absolute atomic E-state index is 12.4. The number of hydrogen-bond acceptors (Lipinski definition) is 4. The van der Waals surface area contributed by atoms with Crippen molar-refractivity contribution in [1.29, 1.82) is 0 Å². The van der Waals surface area contributed by atoms with Crippen LogP contribution in [-0.2, 0) is 14.3 Å². The van der Waals surface area contributed by atoms with Gasteiger partial charge in [0.1, 0.15) is 5.54 Å². The van der Waals surface area contributed by atoms with Crippen molar-refractivity contribution in [3.05, 3.63) is 29.8 Å². The van der Waals surface area contributed by atoms with E-state index < -0.39 is 11.1 Å². The Kier molecular flexibility index (Phi) is 5.78. The van der Waals surface area contributed by atoms with Gasteiger partial charge in [0.15, 0.2) is 0 Å². The molecule has 0 aliphatic rings. The molecule has 0 aromatic heterocycles. The van der Waals surface area contributed by atoms with Crippen LogP contribution in [0.3, 0.4) is 0 Å². The molecule has 118 valence electrons. The second-order valence-corrected chi connectivity index (χ2v) is 6.18. The summed E-state index contributed by atoms with van der Waals surface area (Å²) >= 11 is 0. The molecule has 0 saturated heterocycles. The molecular weight excluding hydrogens is 266 g/mol. The number of hydrogen-bond donors (Lipinski definition) is 1. The van der Waals surface area contributed by atoms with E-state index in [0.29, 0.717) is 13.0 Å². The largest absolute Gasteiger partial charge is 0.464 e. The second-order valence-electron chi connectivity index (χ2n) is 6.18. The number of anilines is 1. The lowest BCUT2D eigenvalue weighted by Gasteiger charge is -2.36. The molecule has 4 heteroatoms. The Balaban J connectivity index is 3.00. The highest BCUT2D eigenvalue weighted by atomic mass is 16.5. The molecular formula is C17H27NO3. The third kappa shape index (κ3) is 5.05. The molecule has 0 heterocycles. The zero-order valence-electron chi connectivity index (χ0n) is 13.9. The van der Waals surface area contributed by atoms with Crippen LogP contribution in [0.2, 0.25) is 0 Å². The summed E-state index contributed by atoms with van der Waals surface area (Å²) in [5, 5.41) is 3.30. The van der Waals surface area contributed by atoms with E-state index in [1.807, 2.05) is 58.9 Å². The van der Waals surface area contributed by atoms with Crippen LogP contribution in [0.4, 0.5) is 5.69 Å². The quantitative estimate of drug-likeness (QED) is 0.781. The summed E-state index contributed by atoms with van der Waals surface area (Å²) in [6.07, 6.45) is 0.503. The van der Waals surface area contributed by atoms with Crippen molar-refractivity contribution < 1.29 is 14.3 Å². The highest BCUT2D eigenvalue weighted by molar-refractivity contribution is 5.84. The molecule has 0 saturated carbocycles. The van der Waals surface area contributed by atoms with Gasteiger partial charge in [-0.05, 0) is 46.8 Å². The van der Waals surface area contributed by atoms with Crippen LogP contribution in [0.15, 0.2) is 24.3 Å². The smallest absolute Gasteiger partial charge is 0.331 e. The van der Waals surface area contributed by atoms with Gasteiger partial charge in [-0.25, -0.2) is 4.79 Å². The zero-order valence-corrected chi connectivity index (χ0v) is 13.9. The predicted octanol–water partition coefficient (Wildman–Crippen LogP) is 3.54. The summed E-state index contributed by atoms with van der Waals surface area (Å²) in [5.41, 5.74) is 0.794. The van der Waals surface area contributed by atoms with Gasteiger partial charge in [-0.3, -0.25) is 0 Å². The SMILES string of the molecule is CCOC(=O)C(C)(CC(C)(C)OC)Nc1ccc(C)cc1. The van der Waals surface area contributed by atoms with E-state index in [9.17, 15) is 4.79 Å². The first-order chi connectivity index (χ1) is 9.72. The monoisotopic (exact) mass is 293 g/mol. The second kappa shape index (κ2) is 6.94. The van der Waals surface area contributed by atoms with E-state index in [1.54, 1.807) is 7.11 Å². The first-order valence-corrected chi connectivity index (χ1v) is 7.29. The highest BCUT2D eigenvalue weighted by Gasteiger charge is 2.40. The first-order valence-electron chi connectivity index (χ1n) is 7.29. The Morgan fingerprint density at radius 3 is 2.24 bits per heavy atom. The number of benzene rings is 1. The van der Waals surface area contributed by atoms with Crippen molar-refractivity contribution in [3.8, 4) is 0 Å². The Labute approximate surface area is 127 Å². The van der Waals surface area contributed by atoms with Gasteiger partial charge < -0.3 is 14.8 Å². The van der Waals surface area contributed by atoms with Gasteiger partial charge in [0.25, 0.3) is 0 Å². The minimum Gasteiger partial charge on any atom is -0.464 e. The predicted molar refractivity (Wildman–Crippen MR) is 85.5 cm³/mol. The molecule has 1 unspecified atom stereocenters. The average molecular weight is 293 g/mol. The number of carbonyl (C=O) groups excluding carboxylic acids is 1. The van der Waals surface area contributed by atoms with Gasteiger partial charge in [-0.1, -0.05) is 17.7 Å². The molecule has 0 spiro atoms. The lowest BCUT2D eigenvalue weighted by Crippen LogP contribution is -2.50. The molecule has 1 rings (SSSR count). The summed E-state index contributed by atoms with van der Waals surface area (Å²) in [6, 6.07) is 7.95. The summed E-state index contributed by atoms with van der Waals surface area (Å²) in [5.74, 6) is -0.268. The maximum atomic E-state index is 12.4. The molecule has 1 atom stereocenters. The molecule has 0 aliphatic heterocycles. The van der Waals surface area contributed by atoms with Crippen LogP contribution in [-0.4, -0.2) is 30.8 Å². The van der Waals surface area contributed by atoms with Crippen molar-refractivity contribution in [2.45, 2.75) is 52.2 Å². The highest BCUT2D eigenvalue weighted by Crippen LogP contribution is 2.28. The molecule has 0 aliphatic carbocycles. The van der Waals surface area contributed by atoms with Crippen LogP contribution >= 0.6 is 0 Å². The zero-order chi connectivity index (χ0) is 16.1. The Morgan fingerprint density at radius 2 is 1.76 bits per heavy atom. The number of rotatable bonds is 7. The summed E-state index contributed by atoms with van der Waals surface area (Å²) in [6.45, 7) is 9.97. The number of esters is 1. The number of nitrogens with one attached hydrogen (secondary N) is 1. The van der Waals surface area contributed by atoms with E-state index in [4.69, 9.17) is 9.47 Å². The Bertz CT molecular complexity index is 467. The molecule has 1 aromatic rings. The Hall–Kier alpha value is -1.55. The normalized spacial score (nSPS) is 14.4. The molecule has 1 N–H and O–H groups in total. The molecule has 0 amide bonds. The maximum Gasteiger partial charge on any atom is 0.331 e. The van der Waals surface area contributed by atoms with Gasteiger partial charge in [-0.15, -0.1) is 0 Å². The number of ether oxygens (including phenoxy) is 2.